The van der Waals surface area contributed by atoms with Gasteiger partial charge in [-0.3, -0.25) is 4.84 Å². The van der Waals surface area contributed by atoms with E-state index >= 15 is 0 Å². The molecule has 23 heavy (non-hydrogen) atoms. The molecular formula is C14H19N3O4S2. The Balaban J connectivity index is 2.40. The zero-order valence-corrected chi connectivity index (χ0v) is 15.0. The van der Waals surface area contributed by atoms with Crippen LogP contribution >= 0.6 is 23.9 Å². The normalized spacial score (nSPS) is 10.9. The Hall–Kier alpha value is -1.87. The standard InChI is InChI=1S/C14H19N3O4S2/c1-11(22-4)15-21-14(19)17(3)23-16(2)13(18)20-10-12-8-6-5-7-9-12/h5-9H,10H2,1-4H3/b15-11-. The van der Waals surface area contributed by atoms with Gasteiger partial charge in [0, 0.05) is 14.1 Å². The van der Waals surface area contributed by atoms with Crippen LogP contribution in [0.25, 0.3) is 0 Å². The van der Waals surface area contributed by atoms with Gasteiger partial charge < -0.3 is 4.74 Å². The third kappa shape index (κ3) is 7.29. The van der Waals surface area contributed by atoms with Gasteiger partial charge in [-0.15, -0.1) is 11.8 Å². The molecule has 1 aromatic carbocycles. The fourth-order valence-corrected chi connectivity index (χ4v) is 1.96. The van der Waals surface area contributed by atoms with Crippen molar-refractivity contribution in [3.05, 3.63) is 35.9 Å². The van der Waals surface area contributed by atoms with Crippen molar-refractivity contribution in [3.63, 3.8) is 0 Å². The maximum absolute atomic E-state index is 11.9. The molecule has 7 nitrogen and oxygen atoms in total. The maximum atomic E-state index is 11.9. The number of hydrogen-bond donors (Lipinski definition) is 0. The maximum Gasteiger partial charge on any atom is 0.447 e. The Kier molecular flexibility index (Phi) is 8.35. The van der Waals surface area contributed by atoms with E-state index in [9.17, 15) is 9.59 Å². The lowest BCUT2D eigenvalue weighted by Crippen LogP contribution is -2.29. The summed E-state index contributed by atoms with van der Waals surface area (Å²) in [5.41, 5.74) is 0.883. The molecule has 0 N–H and O–H groups in total. The van der Waals surface area contributed by atoms with Gasteiger partial charge >= 0.3 is 12.2 Å². The van der Waals surface area contributed by atoms with Gasteiger partial charge in [-0.25, -0.2) is 18.2 Å². The van der Waals surface area contributed by atoms with Crippen LogP contribution < -0.4 is 0 Å². The van der Waals surface area contributed by atoms with Gasteiger partial charge in [0.25, 0.3) is 0 Å². The molecule has 0 aromatic heterocycles. The van der Waals surface area contributed by atoms with Crippen molar-refractivity contribution in [2.24, 2.45) is 5.16 Å². The first-order valence-corrected chi connectivity index (χ1v) is 8.55. The van der Waals surface area contributed by atoms with Crippen molar-refractivity contribution in [1.29, 1.82) is 0 Å². The van der Waals surface area contributed by atoms with Crippen LogP contribution in [0.4, 0.5) is 9.59 Å². The van der Waals surface area contributed by atoms with Crippen LogP contribution in [0.1, 0.15) is 12.5 Å². The predicted molar refractivity (Wildman–Crippen MR) is 92.8 cm³/mol. The minimum atomic E-state index is -0.689. The van der Waals surface area contributed by atoms with Gasteiger partial charge in [0.05, 0.1) is 12.1 Å². The highest BCUT2D eigenvalue weighted by atomic mass is 32.2. The van der Waals surface area contributed by atoms with Crippen molar-refractivity contribution < 1.29 is 19.2 Å². The predicted octanol–water partition coefficient (Wildman–Crippen LogP) is 3.58. The first-order valence-electron chi connectivity index (χ1n) is 6.59. The number of hydrogen-bond acceptors (Lipinski definition) is 7. The molecule has 2 amide bonds. The summed E-state index contributed by atoms with van der Waals surface area (Å²) in [4.78, 5) is 28.3. The monoisotopic (exact) mass is 357 g/mol. The molecule has 0 aliphatic carbocycles. The van der Waals surface area contributed by atoms with Crippen LogP contribution in [0.2, 0.25) is 0 Å². The van der Waals surface area contributed by atoms with Gasteiger partial charge in [0.1, 0.15) is 11.7 Å². The number of rotatable bonds is 5. The van der Waals surface area contributed by atoms with Crippen molar-refractivity contribution in [2.75, 3.05) is 20.4 Å². The van der Waals surface area contributed by atoms with E-state index in [0.29, 0.717) is 5.04 Å². The van der Waals surface area contributed by atoms with Gasteiger partial charge in [-0.1, -0.05) is 35.5 Å². The summed E-state index contributed by atoms with van der Waals surface area (Å²) in [7, 11) is 2.97. The van der Waals surface area contributed by atoms with E-state index < -0.39 is 12.2 Å². The first-order chi connectivity index (χ1) is 10.9. The smallest absolute Gasteiger partial charge is 0.444 e. The molecule has 0 saturated heterocycles. The first kappa shape index (κ1) is 19.2. The molecule has 0 saturated carbocycles. The second kappa shape index (κ2) is 10.0. The summed E-state index contributed by atoms with van der Waals surface area (Å²) < 4.78 is 7.47. The molecule has 1 rings (SSSR count). The fraction of sp³-hybridized carbons (Fsp3) is 0.357. The van der Waals surface area contributed by atoms with Gasteiger partial charge in [0.15, 0.2) is 0 Å². The Labute approximate surface area is 144 Å². The lowest BCUT2D eigenvalue weighted by Gasteiger charge is -2.20. The number of benzene rings is 1. The summed E-state index contributed by atoms with van der Waals surface area (Å²) in [6.07, 6.45) is 0.565. The number of carbonyl (C=O) groups is 2. The molecular weight excluding hydrogens is 338 g/mol. The average Bonchev–Trinajstić information content (AvgIpc) is 2.57. The summed E-state index contributed by atoms with van der Waals surface area (Å²) in [5, 5.41) is 4.25. The average molecular weight is 357 g/mol. The Morgan fingerprint density at radius 1 is 1.13 bits per heavy atom. The van der Waals surface area contributed by atoms with E-state index in [4.69, 9.17) is 9.57 Å². The third-order valence-electron chi connectivity index (χ3n) is 2.51. The lowest BCUT2D eigenvalue weighted by molar-refractivity contribution is 0.123. The minimum absolute atomic E-state index is 0.163. The van der Waals surface area contributed by atoms with E-state index in [1.807, 2.05) is 36.6 Å². The lowest BCUT2D eigenvalue weighted by atomic mass is 10.2. The summed E-state index contributed by atoms with van der Waals surface area (Å²) >= 11 is 2.22. The topological polar surface area (TPSA) is 71.4 Å². The molecule has 0 bridgehead atoms. The SMILES string of the molecule is CS/C(C)=N\OC(=O)N(C)SN(C)C(=O)OCc1ccccc1. The van der Waals surface area contributed by atoms with Gasteiger partial charge in [-0.05, 0) is 18.7 Å². The van der Waals surface area contributed by atoms with E-state index in [0.717, 1.165) is 22.0 Å². The Morgan fingerprint density at radius 2 is 1.74 bits per heavy atom. The van der Waals surface area contributed by atoms with Crippen LogP contribution in [0.15, 0.2) is 35.5 Å². The zero-order valence-electron chi connectivity index (χ0n) is 13.4. The molecule has 0 unspecified atom stereocenters. The Morgan fingerprint density at radius 3 is 2.35 bits per heavy atom. The number of oxime groups is 1. The molecule has 0 aliphatic rings. The largest absolute Gasteiger partial charge is 0.447 e. The molecule has 0 aliphatic heterocycles. The molecule has 126 valence electrons. The van der Waals surface area contributed by atoms with Crippen LogP contribution in [0.3, 0.4) is 0 Å². The number of amides is 2. The summed E-state index contributed by atoms with van der Waals surface area (Å²) in [5.74, 6) is 0. The summed E-state index contributed by atoms with van der Waals surface area (Å²) in [6, 6.07) is 9.33. The van der Waals surface area contributed by atoms with Crippen molar-refractivity contribution in [3.8, 4) is 0 Å². The second-order valence-corrected chi connectivity index (χ2v) is 6.55. The molecule has 0 spiro atoms. The number of ether oxygens (including phenoxy) is 1. The third-order valence-corrected chi connectivity index (χ3v) is 3.97. The van der Waals surface area contributed by atoms with Crippen LogP contribution in [-0.4, -0.2) is 46.2 Å². The molecule has 0 atom stereocenters. The molecule has 0 heterocycles. The highest BCUT2D eigenvalue weighted by molar-refractivity contribution is 8.13. The summed E-state index contributed by atoms with van der Waals surface area (Å²) in [6.45, 7) is 1.88. The highest BCUT2D eigenvalue weighted by Crippen LogP contribution is 2.15. The Bertz CT molecular complexity index is 554. The van der Waals surface area contributed by atoms with E-state index in [2.05, 4.69) is 5.16 Å². The molecule has 0 fully saturated rings. The van der Waals surface area contributed by atoms with Crippen molar-refractivity contribution in [2.45, 2.75) is 13.5 Å². The quantitative estimate of drug-likeness (QED) is 0.264. The number of thioether (sulfide) groups is 1. The zero-order chi connectivity index (χ0) is 17.2. The minimum Gasteiger partial charge on any atom is -0.444 e. The highest BCUT2D eigenvalue weighted by Gasteiger charge is 2.19. The van der Waals surface area contributed by atoms with Gasteiger partial charge in [-0.2, -0.15) is 0 Å². The number of nitrogens with zero attached hydrogens (tertiary/aromatic N) is 3. The van der Waals surface area contributed by atoms with E-state index in [1.165, 1.54) is 30.2 Å². The van der Waals surface area contributed by atoms with E-state index in [1.54, 1.807) is 6.92 Å². The second-order valence-electron chi connectivity index (χ2n) is 4.29. The molecule has 0 radical (unpaired) electrons. The molecule has 9 heteroatoms. The van der Waals surface area contributed by atoms with Crippen LogP contribution in [0, 0.1) is 0 Å². The van der Waals surface area contributed by atoms with Crippen molar-refractivity contribution >= 4 is 41.1 Å². The number of carbonyl (C=O) groups excluding carboxylic acids is 2. The van der Waals surface area contributed by atoms with E-state index in [-0.39, 0.29) is 6.61 Å². The van der Waals surface area contributed by atoms with Crippen LogP contribution in [-0.2, 0) is 16.2 Å². The molecule has 1 aromatic rings. The van der Waals surface area contributed by atoms with Gasteiger partial charge in [0.2, 0.25) is 0 Å². The van der Waals surface area contributed by atoms with Crippen molar-refractivity contribution in [1.82, 2.24) is 8.61 Å². The fourth-order valence-electron chi connectivity index (χ4n) is 1.26. The van der Waals surface area contributed by atoms with Crippen LogP contribution in [0.5, 0.6) is 0 Å².